The van der Waals surface area contributed by atoms with E-state index in [9.17, 15) is 0 Å². The van der Waals surface area contributed by atoms with Crippen LogP contribution in [0.15, 0.2) is 29.2 Å². The Labute approximate surface area is 149 Å². The van der Waals surface area contributed by atoms with Crippen LogP contribution < -0.4 is 0 Å². The van der Waals surface area contributed by atoms with Crippen molar-refractivity contribution in [3.8, 4) is 0 Å². The van der Waals surface area contributed by atoms with Crippen LogP contribution in [0.2, 0.25) is 10.0 Å². The number of aromatic amines is 1. The first-order valence-electron chi connectivity index (χ1n) is 7.76. The van der Waals surface area contributed by atoms with Crippen LogP contribution in [0.1, 0.15) is 30.0 Å². The third-order valence-corrected chi connectivity index (χ3v) is 5.75. The van der Waals surface area contributed by atoms with Crippen molar-refractivity contribution < 1.29 is 0 Å². The van der Waals surface area contributed by atoms with Gasteiger partial charge in [0.2, 0.25) is 0 Å². The monoisotopic (exact) mass is 365 g/mol. The molecule has 1 N–H and O–H groups in total. The number of halogens is 2. The molecule has 0 unspecified atom stereocenters. The van der Waals surface area contributed by atoms with Crippen molar-refractivity contribution in [3.63, 3.8) is 0 Å². The second kappa shape index (κ2) is 6.44. The highest BCUT2D eigenvalue weighted by atomic mass is 35.5. The highest BCUT2D eigenvalue weighted by molar-refractivity contribution is 7.07. The molecule has 0 amide bonds. The maximum absolute atomic E-state index is 6.39. The van der Waals surface area contributed by atoms with Gasteiger partial charge in [-0.25, -0.2) is 4.98 Å². The van der Waals surface area contributed by atoms with Crippen molar-refractivity contribution in [2.75, 3.05) is 13.1 Å². The van der Waals surface area contributed by atoms with E-state index in [0.29, 0.717) is 10.9 Å². The summed E-state index contributed by atoms with van der Waals surface area (Å²) in [6.07, 6.45) is 4.40. The van der Waals surface area contributed by atoms with Crippen LogP contribution in [-0.2, 0) is 6.54 Å². The minimum atomic E-state index is 0.614. The summed E-state index contributed by atoms with van der Waals surface area (Å²) in [6, 6.07) is 3.75. The molecule has 0 saturated carbocycles. The van der Waals surface area contributed by atoms with E-state index >= 15 is 0 Å². The smallest absolute Gasteiger partial charge is 0.0794 e. The van der Waals surface area contributed by atoms with Gasteiger partial charge < -0.3 is 4.98 Å². The standard InChI is InChI=1S/C17H17Cl2N3S/c18-13-5-14(19)17-12(7-20-15(17)6-13)8-22-3-1-11(2-4-22)16-9-23-10-21-16/h5-7,9-11,20H,1-4,8H2. The molecular weight excluding hydrogens is 349 g/mol. The van der Waals surface area contributed by atoms with Gasteiger partial charge in [-0.3, -0.25) is 4.90 Å². The number of piperidine rings is 1. The van der Waals surface area contributed by atoms with Gasteiger partial charge in [-0.15, -0.1) is 11.3 Å². The number of rotatable bonds is 3. The summed E-state index contributed by atoms with van der Waals surface area (Å²) >= 11 is 14.1. The molecule has 1 saturated heterocycles. The Morgan fingerprint density at radius 1 is 1.26 bits per heavy atom. The van der Waals surface area contributed by atoms with E-state index in [0.717, 1.165) is 35.6 Å². The molecule has 0 spiro atoms. The maximum Gasteiger partial charge on any atom is 0.0794 e. The first-order valence-corrected chi connectivity index (χ1v) is 9.46. The van der Waals surface area contributed by atoms with Crippen molar-refractivity contribution in [3.05, 3.63) is 50.5 Å². The second-order valence-electron chi connectivity index (χ2n) is 6.09. The third kappa shape index (κ3) is 3.13. The number of aromatic nitrogens is 2. The molecule has 23 heavy (non-hydrogen) atoms. The molecule has 0 bridgehead atoms. The fraction of sp³-hybridized carbons (Fsp3) is 0.353. The van der Waals surface area contributed by atoms with Gasteiger partial charge in [0.15, 0.2) is 0 Å². The lowest BCUT2D eigenvalue weighted by molar-refractivity contribution is 0.204. The number of H-pyrrole nitrogens is 1. The fourth-order valence-corrected chi connectivity index (χ4v) is 4.68. The van der Waals surface area contributed by atoms with Gasteiger partial charge >= 0.3 is 0 Å². The average molecular weight is 366 g/mol. The molecule has 1 aliphatic rings. The molecule has 1 fully saturated rings. The number of fused-ring (bicyclic) bond motifs is 1. The van der Waals surface area contributed by atoms with Crippen LogP contribution in [0, 0.1) is 0 Å². The number of thiazole rings is 1. The highest BCUT2D eigenvalue weighted by Crippen LogP contribution is 2.33. The van der Waals surface area contributed by atoms with Gasteiger partial charge in [0.05, 0.1) is 16.2 Å². The van der Waals surface area contributed by atoms with Crippen LogP contribution >= 0.6 is 34.5 Å². The third-order valence-electron chi connectivity index (χ3n) is 4.63. The highest BCUT2D eigenvalue weighted by Gasteiger charge is 2.22. The quantitative estimate of drug-likeness (QED) is 0.681. The van der Waals surface area contributed by atoms with Gasteiger partial charge in [-0.05, 0) is 43.6 Å². The first-order chi connectivity index (χ1) is 11.2. The van der Waals surface area contributed by atoms with Gasteiger partial charge in [0.25, 0.3) is 0 Å². The Balaban J connectivity index is 1.47. The van der Waals surface area contributed by atoms with Crippen LogP contribution in [-0.4, -0.2) is 28.0 Å². The molecule has 1 aliphatic heterocycles. The fourth-order valence-electron chi connectivity index (χ4n) is 3.43. The summed E-state index contributed by atoms with van der Waals surface area (Å²) in [5, 5.41) is 4.67. The zero-order valence-electron chi connectivity index (χ0n) is 12.6. The van der Waals surface area contributed by atoms with Crippen LogP contribution in [0.5, 0.6) is 0 Å². The average Bonchev–Trinajstić information content (AvgIpc) is 3.18. The summed E-state index contributed by atoms with van der Waals surface area (Å²) in [5.41, 5.74) is 5.45. The molecule has 0 aliphatic carbocycles. The van der Waals surface area contributed by atoms with Crippen LogP contribution in [0.25, 0.3) is 10.9 Å². The predicted molar refractivity (Wildman–Crippen MR) is 97.7 cm³/mol. The minimum Gasteiger partial charge on any atom is -0.361 e. The topological polar surface area (TPSA) is 31.9 Å². The number of likely N-dealkylation sites (tertiary alicyclic amines) is 1. The summed E-state index contributed by atoms with van der Waals surface area (Å²) in [6.45, 7) is 3.12. The molecule has 0 radical (unpaired) electrons. The number of benzene rings is 1. The second-order valence-corrected chi connectivity index (χ2v) is 7.65. The molecule has 3 aromatic rings. The molecule has 1 aromatic carbocycles. The number of hydrogen-bond acceptors (Lipinski definition) is 3. The molecular formula is C17H17Cl2N3S. The molecule has 3 heterocycles. The van der Waals surface area contributed by atoms with E-state index in [1.54, 1.807) is 11.3 Å². The van der Waals surface area contributed by atoms with Crippen molar-refractivity contribution >= 4 is 45.4 Å². The summed E-state index contributed by atoms with van der Waals surface area (Å²) in [5.74, 6) is 0.614. The van der Waals surface area contributed by atoms with E-state index in [1.807, 2.05) is 17.6 Å². The molecule has 3 nitrogen and oxygen atoms in total. The Morgan fingerprint density at radius 3 is 2.83 bits per heavy atom. The molecule has 6 heteroatoms. The zero-order valence-corrected chi connectivity index (χ0v) is 14.9. The van der Waals surface area contributed by atoms with Crippen molar-refractivity contribution in [1.29, 1.82) is 0 Å². The zero-order chi connectivity index (χ0) is 15.8. The minimum absolute atomic E-state index is 0.614. The summed E-state index contributed by atoms with van der Waals surface area (Å²) < 4.78 is 0. The van der Waals surface area contributed by atoms with E-state index in [1.165, 1.54) is 24.1 Å². The lowest BCUT2D eigenvalue weighted by Gasteiger charge is -2.31. The van der Waals surface area contributed by atoms with Gasteiger partial charge in [0.1, 0.15) is 0 Å². The van der Waals surface area contributed by atoms with Crippen LogP contribution in [0.4, 0.5) is 0 Å². The number of hydrogen-bond donors (Lipinski definition) is 1. The lowest BCUT2D eigenvalue weighted by atomic mass is 9.94. The Hall–Kier alpha value is -1.07. The molecule has 0 atom stereocenters. The summed E-state index contributed by atoms with van der Waals surface area (Å²) in [7, 11) is 0. The SMILES string of the molecule is Clc1cc(Cl)c2c(CN3CCC(c4cscn4)CC3)c[nH]c2c1. The number of nitrogens with zero attached hydrogens (tertiary/aromatic N) is 2. The molecule has 4 rings (SSSR count). The van der Waals surface area contributed by atoms with Crippen molar-refractivity contribution in [1.82, 2.24) is 14.9 Å². The van der Waals surface area contributed by atoms with Crippen molar-refractivity contribution in [2.24, 2.45) is 0 Å². The number of nitrogens with one attached hydrogen (secondary N) is 1. The maximum atomic E-state index is 6.39. The first kappa shape index (κ1) is 15.5. The Kier molecular flexibility index (Phi) is 4.33. The van der Waals surface area contributed by atoms with Crippen molar-refractivity contribution in [2.45, 2.75) is 25.3 Å². The summed E-state index contributed by atoms with van der Waals surface area (Å²) in [4.78, 5) is 10.2. The normalized spacial score (nSPS) is 17.1. The largest absolute Gasteiger partial charge is 0.361 e. The predicted octanol–water partition coefficient (Wildman–Crippen LogP) is 5.31. The van der Waals surface area contributed by atoms with E-state index in [-0.39, 0.29) is 0 Å². The Morgan fingerprint density at radius 2 is 2.09 bits per heavy atom. The van der Waals surface area contributed by atoms with Crippen LogP contribution in [0.3, 0.4) is 0 Å². The van der Waals surface area contributed by atoms with Gasteiger partial charge in [-0.1, -0.05) is 23.2 Å². The van der Waals surface area contributed by atoms with Gasteiger partial charge in [0, 0.05) is 40.0 Å². The van der Waals surface area contributed by atoms with E-state index in [4.69, 9.17) is 23.2 Å². The Bertz CT molecular complexity index is 805. The van der Waals surface area contributed by atoms with E-state index < -0.39 is 0 Å². The lowest BCUT2D eigenvalue weighted by Crippen LogP contribution is -2.32. The van der Waals surface area contributed by atoms with Gasteiger partial charge in [-0.2, -0.15) is 0 Å². The van der Waals surface area contributed by atoms with E-state index in [2.05, 4.69) is 26.4 Å². The molecule has 120 valence electrons. The molecule has 2 aromatic heterocycles.